The maximum Gasteiger partial charge on any atom is 0.281 e. The van der Waals surface area contributed by atoms with Crippen molar-refractivity contribution in [2.75, 3.05) is 26.7 Å². The summed E-state index contributed by atoms with van der Waals surface area (Å²) in [7, 11) is -1.66. The van der Waals surface area contributed by atoms with Gasteiger partial charge in [0.2, 0.25) is 0 Å². The standard InChI is InChI=1S/C9H21N3O2S.ClH/c1-4-5-11(3)15(13,14)12-6-8(2)9(10)7-12;/h8-9H,4-7,10H2,1-3H3;1H. The average Bonchev–Trinajstić information content (AvgIpc) is 2.48. The third kappa shape index (κ3) is 3.30. The van der Waals surface area contributed by atoms with Crippen LogP contribution in [-0.2, 0) is 10.2 Å². The van der Waals surface area contributed by atoms with Crippen molar-refractivity contribution in [1.29, 1.82) is 0 Å². The van der Waals surface area contributed by atoms with Crippen molar-refractivity contribution in [3.05, 3.63) is 0 Å². The van der Waals surface area contributed by atoms with Crippen LogP contribution in [0.3, 0.4) is 0 Å². The van der Waals surface area contributed by atoms with Crippen LogP contribution in [0.1, 0.15) is 20.3 Å². The SMILES string of the molecule is CCCN(C)S(=O)(=O)N1CC(C)C(N)C1.Cl. The van der Waals surface area contributed by atoms with Gasteiger partial charge in [-0.3, -0.25) is 0 Å². The van der Waals surface area contributed by atoms with Crippen molar-refractivity contribution in [3.63, 3.8) is 0 Å². The second-order valence-corrected chi connectivity index (χ2v) is 6.32. The van der Waals surface area contributed by atoms with Crippen molar-refractivity contribution in [3.8, 4) is 0 Å². The Balaban J connectivity index is 0.00000225. The average molecular weight is 272 g/mol. The molecule has 5 nitrogen and oxygen atoms in total. The van der Waals surface area contributed by atoms with E-state index in [-0.39, 0.29) is 24.4 Å². The zero-order chi connectivity index (χ0) is 11.6. The van der Waals surface area contributed by atoms with Crippen LogP contribution < -0.4 is 5.73 Å². The van der Waals surface area contributed by atoms with E-state index < -0.39 is 10.2 Å². The van der Waals surface area contributed by atoms with Crippen molar-refractivity contribution < 1.29 is 8.42 Å². The maximum absolute atomic E-state index is 12.0. The molecular weight excluding hydrogens is 250 g/mol. The molecule has 0 saturated carbocycles. The summed E-state index contributed by atoms with van der Waals surface area (Å²) >= 11 is 0. The van der Waals surface area contributed by atoms with E-state index in [0.717, 1.165) is 6.42 Å². The summed E-state index contributed by atoms with van der Waals surface area (Å²) in [6.07, 6.45) is 0.825. The topological polar surface area (TPSA) is 66.6 Å². The first-order valence-electron chi connectivity index (χ1n) is 5.36. The lowest BCUT2D eigenvalue weighted by molar-refractivity contribution is 0.388. The molecule has 7 heteroatoms. The molecule has 0 radical (unpaired) electrons. The van der Waals surface area contributed by atoms with Crippen LogP contribution in [0.2, 0.25) is 0 Å². The van der Waals surface area contributed by atoms with Crippen molar-refractivity contribution in [2.24, 2.45) is 11.7 Å². The molecule has 0 bridgehead atoms. The lowest BCUT2D eigenvalue weighted by Crippen LogP contribution is -2.41. The van der Waals surface area contributed by atoms with Gasteiger partial charge in [-0.2, -0.15) is 17.0 Å². The second kappa shape index (κ2) is 6.16. The lowest BCUT2D eigenvalue weighted by Gasteiger charge is -2.23. The van der Waals surface area contributed by atoms with Gasteiger partial charge in [0.1, 0.15) is 0 Å². The third-order valence-electron chi connectivity index (χ3n) is 2.90. The lowest BCUT2D eigenvalue weighted by atomic mass is 10.1. The van der Waals surface area contributed by atoms with Gasteiger partial charge in [0.15, 0.2) is 0 Å². The number of nitrogens with two attached hydrogens (primary N) is 1. The van der Waals surface area contributed by atoms with Crippen LogP contribution >= 0.6 is 12.4 Å². The minimum Gasteiger partial charge on any atom is -0.326 e. The maximum atomic E-state index is 12.0. The molecule has 2 atom stereocenters. The fraction of sp³-hybridized carbons (Fsp3) is 1.00. The molecule has 16 heavy (non-hydrogen) atoms. The van der Waals surface area contributed by atoms with Crippen LogP contribution in [0.25, 0.3) is 0 Å². The highest BCUT2D eigenvalue weighted by Crippen LogP contribution is 2.19. The van der Waals surface area contributed by atoms with Gasteiger partial charge in [0.05, 0.1) is 0 Å². The van der Waals surface area contributed by atoms with E-state index in [1.807, 2.05) is 13.8 Å². The van der Waals surface area contributed by atoms with Gasteiger partial charge in [0, 0.05) is 32.7 Å². The van der Waals surface area contributed by atoms with Crippen LogP contribution in [0, 0.1) is 5.92 Å². The summed E-state index contributed by atoms with van der Waals surface area (Å²) in [5.74, 6) is 0.245. The molecule has 0 aromatic heterocycles. The number of halogens is 1. The largest absolute Gasteiger partial charge is 0.326 e. The summed E-state index contributed by atoms with van der Waals surface area (Å²) in [6.45, 7) is 5.49. The highest BCUT2D eigenvalue weighted by atomic mass is 35.5. The Morgan fingerprint density at radius 3 is 2.38 bits per heavy atom. The molecular formula is C9H22ClN3O2S. The van der Waals surface area contributed by atoms with Gasteiger partial charge in [-0.15, -0.1) is 12.4 Å². The highest BCUT2D eigenvalue weighted by Gasteiger charge is 2.36. The van der Waals surface area contributed by atoms with Gasteiger partial charge in [-0.1, -0.05) is 13.8 Å². The van der Waals surface area contributed by atoms with Gasteiger partial charge >= 0.3 is 0 Å². The molecule has 1 fully saturated rings. The van der Waals surface area contributed by atoms with E-state index in [2.05, 4.69) is 0 Å². The predicted octanol–water partition coefficient (Wildman–Crippen LogP) is 0.274. The molecule has 0 spiro atoms. The molecule has 0 aliphatic carbocycles. The summed E-state index contributed by atoms with van der Waals surface area (Å²) < 4.78 is 26.9. The second-order valence-electron chi connectivity index (χ2n) is 4.29. The van der Waals surface area contributed by atoms with E-state index in [4.69, 9.17) is 5.73 Å². The Hall–Kier alpha value is 0.120. The van der Waals surface area contributed by atoms with Crippen molar-refractivity contribution >= 4 is 22.6 Å². The molecule has 98 valence electrons. The Labute approximate surface area is 105 Å². The monoisotopic (exact) mass is 271 g/mol. The van der Waals surface area contributed by atoms with Gasteiger partial charge in [-0.05, 0) is 12.3 Å². The van der Waals surface area contributed by atoms with E-state index in [1.165, 1.54) is 8.61 Å². The van der Waals surface area contributed by atoms with E-state index in [1.54, 1.807) is 7.05 Å². The minimum atomic E-state index is -3.28. The van der Waals surface area contributed by atoms with E-state index in [0.29, 0.717) is 19.6 Å². The summed E-state index contributed by atoms with van der Waals surface area (Å²) in [6, 6.07) is -0.0326. The number of nitrogens with zero attached hydrogens (tertiary/aromatic N) is 2. The summed E-state index contributed by atoms with van der Waals surface area (Å²) in [5.41, 5.74) is 5.81. The van der Waals surface area contributed by atoms with Gasteiger partial charge in [-0.25, -0.2) is 0 Å². The molecule has 2 N–H and O–H groups in total. The van der Waals surface area contributed by atoms with Crippen molar-refractivity contribution in [2.45, 2.75) is 26.3 Å². The molecule has 1 aliphatic rings. The third-order valence-corrected chi connectivity index (χ3v) is 4.82. The van der Waals surface area contributed by atoms with Gasteiger partial charge < -0.3 is 5.73 Å². The Morgan fingerprint density at radius 2 is 2.00 bits per heavy atom. The number of rotatable bonds is 4. The van der Waals surface area contributed by atoms with E-state index >= 15 is 0 Å². The first-order valence-corrected chi connectivity index (χ1v) is 6.76. The first-order chi connectivity index (χ1) is 6.89. The first kappa shape index (κ1) is 16.1. The number of hydrogen-bond acceptors (Lipinski definition) is 3. The molecule has 2 unspecified atom stereocenters. The smallest absolute Gasteiger partial charge is 0.281 e. The zero-order valence-corrected chi connectivity index (χ0v) is 11.7. The molecule has 1 heterocycles. The highest BCUT2D eigenvalue weighted by molar-refractivity contribution is 7.86. The fourth-order valence-corrected chi connectivity index (χ4v) is 3.35. The molecule has 1 saturated heterocycles. The Morgan fingerprint density at radius 1 is 1.44 bits per heavy atom. The van der Waals surface area contributed by atoms with Crippen molar-refractivity contribution in [1.82, 2.24) is 8.61 Å². The van der Waals surface area contributed by atoms with Crippen LogP contribution in [-0.4, -0.2) is 49.8 Å². The molecule has 0 amide bonds. The van der Waals surface area contributed by atoms with E-state index in [9.17, 15) is 8.42 Å². The zero-order valence-electron chi connectivity index (χ0n) is 10.1. The van der Waals surface area contributed by atoms with Gasteiger partial charge in [0.25, 0.3) is 10.2 Å². The minimum absolute atomic E-state index is 0. The molecule has 1 rings (SSSR count). The summed E-state index contributed by atoms with van der Waals surface area (Å²) in [5, 5.41) is 0. The number of hydrogen-bond donors (Lipinski definition) is 1. The van der Waals surface area contributed by atoms with Crippen LogP contribution in [0.4, 0.5) is 0 Å². The van der Waals surface area contributed by atoms with Crippen LogP contribution in [0.5, 0.6) is 0 Å². The fourth-order valence-electron chi connectivity index (χ4n) is 1.76. The predicted molar refractivity (Wildman–Crippen MR) is 67.8 cm³/mol. The Kier molecular flexibility index (Phi) is 6.21. The molecule has 0 aromatic carbocycles. The normalized spacial score (nSPS) is 27.1. The molecule has 1 aliphatic heterocycles. The molecule has 0 aromatic rings. The summed E-state index contributed by atoms with van der Waals surface area (Å²) in [4.78, 5) is 0. The van der Waals surface area contributed by atoms with Crippen LogP contribution in [0.15, 0.2) is 0 Å². The Bertz CT molecular complexity index is 300. The quantitative estimate of drug-likeness (QED) is 0.798.